The van der Waals surface area contributed by atoms with Crippen LogP contribution in [0.2, 0.25) is 0 Å². The highest BCUT2D eigenvalue weighted by Crippen LogP contribution is 2.62. The standard InChI is InChI=1S/C13H24N2O/c1-12(2,3)10(14)11(16)15-6-8-9(7-15)13(8,4)5/h8-10H,6-7,14H2,1-5H3. The fourth-order valence-corrected chi connectivity index (χ4v) is 2.88. The Kier molecular flexibility index (Phi) is 2.40. The van der Waals surface area contributed by atoms with Crippen LogP contribution >= 0.6 is 0 Å². The van der Waals surface area contributed by atoms with E-state index in [1.807, 2.05) is 25.7 Å². The van der Waals surface area contributed by atoms with Gasteiger partial charge in [-0.1, -0.05) is 34.6 Å². The number of nitrogens with zero attached hydrogens (tertiary/aromatic N) is 1. The summed E-state index contributed by atoms with van der Waals surface area (Å²) in [6.45, 7) is 12.5. The van der Waals surface area contributed by atoms with Crippen LogP contribution in [-0.2, 0) is 4.79 Å². The molecule has 16 heavy (non-hydrogen) atoms. The fraction of sp³-hybridized carbons (Fsp3) is 0.923. The molecule has 1 saturated carbocycles. The zero-order chi connectivity index (χ0) is 12.3. The summed E-state index contributed by atoms with van der Waals surface area (Å²) < 4.78 is 0. The van der Waals surface area contributed by atoms with E-state index in [0.717, 1.165) is 13.1 Å². The van der Waals surface area contributed by atoms with E-state index in [-0.39, 0.29) is 17.4 Å². The Labute approximate surface area is 98.4 Å². The quantitative estimate of drug-likeness (QED) is 0.733. The van der Waals surface area contributed by atoms with Crippen LogP contribution in [0.4, 0.5) is 0 Å². The maximum atomic E-state index is 12.2. The van der Waals surface area contributed by atoms with Gasteiger partial charge >= 0.3 is 0 Å². The highest BCUT2D eigenvalue weighted by Gasteiger charge is 2.62. The number of likely N-dealkylation sites (tertiary alicyclic amines) is 1. The Morgan fingerprint density at radius 2 is 1.75 bits per heavy atom. The van der Waals surface area contributed by atoms with Crippen molar-refractivity contribution < 1.29 is 4.79 Å². The monoisotopic (exact) mass is 224 g/mol. The van der Waals surface area contributed by atoms with Gasteiger partial charge in [0.2, 0.25) is 5.91 Å². The van der Waals surface area contributed by atoms with Gasteiger partial charge in [0.15, 0.2) is 0 Å². The number of carbonyl (C=O) groups is 1. The lowest BCUT2D eigenvalue weighted by Crippen LogP contribution is -2.50. The number of carbonyl (C=O) groups excluding carboxylic acids is 1. The van der Waals surface area contributed by atoms with Crippen LogP contribution in [0.5, 0.6) is 0 Å². The van der Waals surface area contributed by atoms with Crippen LogP contribution in [0.1, 0.15) is 34.6 Å². The summed E-state index contributed by atoms with van der Waals surface area (Å²) in [5.74, 6) is 1.56. The number of amides is 1. The van der Waals surface area contributed by atoms with Crippen molar-refractivity contribution in [1.29, 1.82) is 0 Å². The Hall–Kier alpha value is -0.570. The van der Waals surface area contributed by atoms with Gasteiger partial charge in [-0.2, -0.15) is 0 Å². The van der Waals surface area contributed by atoms with Gasteiger partial charge in [0.1, 0.15) is 0 Å². The van der Waals surface area contributed by atoms with Gasteiger partial charge in [-0.25, -0.2) is 0 Å². The average Bonchev–Trinajstić information content (AvgIpc) is 2.57. The topological polar surface area (TPSA) is 46.3 Å². The molecule has 1 saturated heterocycles. The molecule has 0 spiro atoms. The molecule has 0 aromatic carbocycles. The highest BCUT2D eigenvalue weighted by molar-refractivity contribution is 5.83. The Balaban J connectivity index is 1.95. The third-order valence-corrected chi connectivity index (χ3v) is 4.63. The first kappa shape index (κ1) is 11.9. The molecule has 1 amide bonds. The average molecular weight is 224 g/mol. The second kappa shape index (κ2) is 3.22. The van der Waals surface area contributed by atoms with Crippen molar-refractivity contribution in [1.82, 2.24) is 4.90 Å². The number of piperidine rings is 1. The summed E-state index contributed by atoms with van der Waals surface area (Å²) in [6, 6.07) is -0.367. The molecule has 2 fully saturated rings. The lowest BCUT2D eigenvalue weighted by molar-refractivity contribution is -0.134. The second-order valence-corrected chi connectivity index (χ2v) is 7.12. The lowest BCUT2D eigenvalue weighted by atomic mass is 9.86. The molecule has 92 valence electrons. The van der Waals surface area contributed by atoms with E-state index in [4.69, 9.17) is 5.73 Å². The van der Waals surface area contributed by atoms with E-state index < -0.39 is 0 Å². The predicted molar refractivity (Wildman–Crippen MR) is 64.8 cm³/mol. The maximum absolute atomic E-state index is 12.2. The number of hydrogen-bond acceptors (Lipinski definition) is 2. The van der Waals surface area contributed by atoms with Crippen LogP contribution in [0.15, 0.2) is 0 Å². The van der Waals surface area contributed by atoms with E-state index in [9.17, 15) is 4.79 Å². The van der Waals surface area contributed by atoms with Gasteiger partial charge in [0, 0.05) is 13.1 Å². The number of rotatable bonds is 1. The lowest BCUT2D eigenvalue weighted by Gasteiger charge is -2.31. The van der Waals surface area contributed by atoms with Crippen LogP contribution in [0, 0.1) is 22.7 Å². The van der Waals surface area contributed by atoms with Gasteiger partial charge in [-0.3, -0.25) is 4.79 Å². The summed E-state index contributed by atoms with van der Waals surface area (Å²) in [7, 11) is 0. The molecule has 1 aliphatic heterocycles. The van der Waals surface area contributed by atoms with Crippen LogP contribution in [0.25, 0.3) is 0 Å². The van der Waals surface area contributed by atoms with E-state index in [1.54, 1.807) is 0 Å². The first-order chi connectivity index (χ1) is 7.15. The summed E-state index contributed by atoms with van der Waals surface area (Å²) >= 11 is 0. The van der Waals surface area contributed by atoms with Crippen molar-refractivity contribution >= 4 is 5.91 Å². The molecule has 0 aromatic heterocycles. The van der Waals surface area contributed by atoms with Crippen molar-refractivity contribution in [2.75, 3.05) is 13.1 Å². The first-order valence-corrected chi connectivity index (χ1v) is 6.20. The third kappa shape index (κ3) is 1.65. The van der Waals surface area contributed by atoms with Gasteiger partial charge < -0.3 is 10.6 Å². The predicted octanol–water partition coefficient (Wildman–Crippen LogP) is 1.47. The minimum absolute atomic E-state index is 0.135. The molecule has 3 nitrogen and oxygen atoms in total. The van der Waals surface area contributed by atoms with Crippen molar-refractivity contribution in [2.45, 2.75) is 40.7 Å². The summed E-state index contributed by atoms with van der Waals surface area (Å²) in [5, 5.41) is 0. The largest absolute Gasteiger partial charge is 0.341 e. The molecule has 1 heterocycles. The smallest absolute Gasteiger partial charge is 0.240 e. The van der Waals surface area contributed by atoms with Gasteiger partial charge in [-0.05, 0) is 22.7 Å². The van der Waals surface area contributed by atoms with Crippen molar-refractivity contribution in [2.24, 2.45) is 28.4 Å². The Morgan fingerprint density at radius 3 is 2.12 bits per heavy atom. The van der Waals surface area contributed by atoms with E-state index in [0.29, 0.717) is 17.3 Å². The van der Waals surface area contributed by atoms with Gasteiger partial charge in [0.05, 0.1) is 6.04 Å². The third-order valence-electron chi connectivity index (χ3n) is 4.63. The van der Waals surface area contributed by atoms with E-state index in [1.165, 1.54) is 0 Å². The molecular weight excluding hydrogens is 200 g/mol. The maximum Gasteiger partial charge on any atom is 0.240 e. The zero-order valence-electron chi connectivity index (χ0n) is 11.1. The van der Waals surface area contributed by atoms with E-state index >= 15 is 0 Å². The molecular formula is C13H24N2O. The van der Waals surface area contributed by atoms with Crippen LogP contribution < -0.4 is 5.73 Å². The summed E-state index contributed by atoms with van der Waals surface area (Å²) in [6.07, 6.45) is 0. The van der Waals surface area contributed by atoms with Gasteiger partial charge in [0.25, 0.3) is 0 Å². The van der Waals surface area contributed by atoms with Crippen LogP contribution in [0.3, 0.4) is 0 Å². The van der Waals surface area contributed by atoms with Crippen molar-refractivity contribution in [3.8, 4) is 0 Å². The highest BCUT2D eigenvalue weighted by atomic mass is 16.2. The SMILES string of the molecule is CC(C)(C)C(N)C(=O)N1CC2C(C1)C2(C)C. The molecule has 2 rings (SSSR count). The molecule has 1 aliphatic carbocycles. The number of fused-ring (bicyclic) bond motifs is 1. The molecule has 0 aromatic rings. The number of hydrogen-bond donors (Lipinski definition) is 1. The zero-order valence-corrected chi connectivity index (χ0v) is 11.1. The fourth-order valence-electron chi connectivity index (χ4n) is 2.88. The summed E-state index contributed by atoms with van der Waals surface area (Å²) in [4.78, 5) is 14.1. The summed E-state index contributed by atoms with van der Waals surface area (Å²) in [5.41, 5.74) is 6.33. The van der Waals surface area contributed by atoms with Crippen LogP contribution in [-0.4, -0.2) is 29.9 Å². The number of nitrogens with two attached hydrogens (primary N) is 1. The van der Waals surface area contributed by atoms with Gasteiger partial charge in [-0.15, -0.1) is 0 Å². The Morgan fingerprint density at radius 1 is 1.31 bits per heavy atom. The minimum atomic E-state index is -0.367. The van der Waals surface area contributed by atoms with Crippen molar-refractivity contribution in [3.05, 3.63) is 0 Å². The molecule has 3 unspecified atom stereocenters. The minimum Gasteiger partial charge on any atom is -0.341 e. The first-order valence-electron chi connectivity index (χ1n) is 6.20. The molecule has 0 radical (unpaired) electrons. The Bertz CT molecular complexity index is 302. The van der Waals surface area contributed by atoms with Crippen molar-refractivity contribution in [3.63, 3.8) is 0 Å². The molecule has 0 bridgehead atoms. The normalized spacial score (nSPS) is 33.5. The molecule has 2 aliphatic rings. The molecule has 3 heteroatoms. The second-order valence-electron chi connectivity index (χ2n) is 7.12. The molecule has 2 N–H and O–H groups in total. The van der Waals surface area contributed by atoms with E-state index in [2.05, 4.69) is 13.8 Å². The molecule has 3 atom stereocenters.